The number of rotatable bonds is 3. The van der Waals surface area contributed by atoms with E-state index < -0.39 is 0 Å². The van der Waals surface area contributed by atoms with E-state index in [1.165, 1.54) is 20.2 Å². The summed E-state index contributed by atoms with van der Waals surface area (Å²) in [5.74, 6) is 0. The molecule has 8 aromatic rings. The molecule has 0 unspecified atom stereocenters. The molecular weight excluding hydrogens is 532 g/mol. The molecule has 0 radical (unpaired) electrons. The standard InChI is InChI=1S/C38H20N2OS/c39-21-23-12-17-35-34(18-23)29-16-14-25(20-36(29)41-35)24-13-15-28(33(19-24)27-7-2-1-6-26(27)22-40)31-9-5-10-32-30-8-3-4-11-37(30)42-38(31)32/h1-20H. The van der Waals surface area contributed by atoms with E-state index in [9.17, 15) is 10.5 Å². The Hall–Kier alpha value is -5.68. The van der Waals surface area contributed by atoms with Crippen LogP contribution in [0.1, 0.15) is 11.1 Å². The third kappa shape index (κ3) is 3.71. The molecule has 194 valence electrons. The van der Waals surface area contributed by atoms with Gasteiger partial charge in [-0.15, -0.1) is 11.3 Å². The first-order chi connectivity index (χ1) is 20.7. The Bertz CT molecular complexity index is 2450. The van der Waals surface area contributed by atoms with Crippen molar-refractivity contribution in [1.82, 2.24) is 0 Å². The van der Waals surface area contributed by atoms with Gasteiger partial charge in [0.2, 0.25) is 0 Å². The van der Waals surface area contributed by atoms with E-state index in [1.807, 2.05) is 36.4 Å². The van der Waals surface area contributed by atoms with Gasteiger partial charge in [-0.1, -0.05) is 72.8 Å². The summed E-state index contributed by atoms with van der Waals surface area (Å²) in [4.78, 5) is 0. The zero-order valence-electron chi connectivity index (χ0n) is 22.3. The smallest absolute Gasteiger partial charge is 0.136 e. The fourth-order valence-corrected chi connectivity index (χ4v) is 7.21. The van der Waals surface area contributed by atoms with Gasteiger partial charge in [0.15, 0.2) is 0 Å². The Kier molecular flexibility index (Phi) is 5.44. The summed E-state index contributed by atoms with van der Waals surface area (Å²) in [5, 5.41) is 23.8. The number of hydrogen-bond donors (Lipinski definition) is 0. The zero-order valence-corrected chi connectivity index (χ0v) is 23.1. The molecule has 0 saturated heterocycles. The first-order valence-electron chi connectivity index (χ1n) is 13.6. The lowest BCUT2D eigenvalue weighted by atomic mass is 9.88. The average Bonchev–Trinajstić information content (AvgIpc) is 3.62. The predicted octanol–water partition coefficient (Wildman–Crippen LogP) is 10.7. The summed E-state index contributed by atoms with van der Waals surface area (Å²) in [5.41, 5.74) is 9.00. The Labute approximate surface area is 245 Å². The summed E-state index contributed by atoms with van der Waals surface area (Å²) in [6, 6.07) is 45.7. The van der Waals surface area contributed by atoms with Crippen LogP contribution in [0.2, 0.25) is 0 Å². The Morgan fingerprint density at radius 2 is 1.29 bits per heavy atom. The minimum Gasteiger partial charge on any atom is -0.456 e. The quantitative estimate of drug-likeness (QED) is 0.219. The summed E-state index contributed by atoms with van der Waals surface area (Å²) in [6.45, 7) is 0. The highest BCUT2D eigenvalue weighted by Crippen LogP contribution is 2.44. The number of hydrogen-bond acceptors (Lipinski definition) is 4. The molecule has 6 aromatic carbocycles. The molecule has 42 heavy (non-hydrogen) atoms. The molecule has 0 aliphatic carbocycles. The second-order valence-electron chi connectivity index (χ2n) is 10.3. The van der Waals surface area contributed by atoms with Crippen LogP contribution in [-0.4, -0.2) is 0 Å². The topological polar surface area (TPSA) is 60.7 Å². The molecule has 4 heteroatoms. The summed E-state index contributed by atoms with van der Waals surface area (Å²) in [7, 11) is 0. The van der Waals surface area contributed by atoms with E-state index in [0.717, 1.165) is 55.3 Å². The van der Waals surface area contributed by atoms with Gasteiger partial charge in [0.05, 0.1) is 23.3 Å². The van der Waals surface area contributed by atoms with Gasteiger partial charge < -0.3 is 4.42 Å². The van der Waals surface area contributed by atoms with Crippen molar-refractivity contribution in [3.8, 4) is 45.5 Å². The van der Waals surface area contributed by atoms with Crippen LogP contribution in [0, 0.1) is 22.7 Å². The second kappa shape index (κ2) is 9.46. The average molecular weight is 553 g/mol. The molecule has 0 fully saturated rings. The molecule has 0 amide bonds. The Morgan fingerprint density at radius 1 is 0.500 bits per heavy atom. The van der Waals surface area contributed by atoms with Crippen LogP contribution in [0.4, 0.5) is 0 Å². The van der Waals surface area contributed by atoms with Crippen molar-refractivity contribution in [3.05, 3.63) is 132 Å². The third-order valence-corrected chi connectivity index (χ3v) is 9.21. The van der Waals surface area contributed by atoms with Crippen LogP contribution in [0.15, 0.2) is 126 Å². The van der Waals surface area contributed by atoms with Gasteiger partial charge in [-0.25, -0.2) is 0 Å². The lowest BCUT2D eigenvalue weighted by molar-refractivity contribution is 0.669. The van der Waals surface area contributed by atoms with Gasteiger partial charge in [-0.3, -0.25) is 0 Å². The largest absolute Gasteiger partial charge is 0.456 e. The van der Waals surface area contributed by atoms with Crippen LogP contribution in [0.25, 0.3) is 75.5 Å². The van der Waals surface area contributed by atoms with Gasteiger partial charge in [0.1, 0.15) is 11.2 Å². The molecule has 0 spiro atoms. The summed E-state index contributed by atoms with van der Waals surface area (Å²) < 4.78 is 8.68. The van der Waals surface area contributed by atoms with E-state index in [0.29, 0.717) is 11.1 Å². The van der Waals surface area contributed by atoms with Gasteiger partial charge in [-0.05, 0) is 70.8 Å². The monoisotopic (exact) mass is 552 g/mol. The molecule has 0 aliphatic heterocycles. The Morgan fingerprint density at radius 3 is 2.19 bits per heavy atom. The fraction of sp³-hybridized carbons (Fsp3) is 0. The number of nitrogens with zero attached hydrogens (tertiary/aromatic N) is 2. The van der Waals surface area contributed by atoms with Gasteiger partial charge in [0, 0.05) is 42.1 Å². The van der Waals surface area contributed by atoms with Crippen molar-refractivity contribution in [3.63, 3.8) is 0 Å². The highest BCUT2D eigenvalue weighted by molar-refractivity contribution is 7.26. The van der Waals surface area contributed by atoms with E-state index in [4.69, 9.17) is 4.42 Å². The second-order valence-corrected chi connectivity index (χ2v) is 11.4. The van der Waals surface area contributed by atoms with E-state index >= 15 is 0 Å². The first kappa shape index (κ1) is 24.1. The SMILES string of the molecule is N#Cc1ccc2oc3cc(-c4ccc(-c5cccc6c5sc5ccccc56)c(-c5ccccc5C#N)c4)ccc3c2c1. The van der Waals surface area contributed by atoms with E-state index in [1.54, 1.807) is 17.4 Å². The van der Waals surface area contributed by atoms with Crippen molar-refractivity contribution in [2.75, 3.05) is 0 Å². The number of thiophene rings is 1. The van der Waals surface area contributed by atoms with Crippen molar-refractivity contribution in [2.45, 2.75) is 0 Å². The normalized spacial score (nSPS) is 11.3. The number of nitriles is 2. The zero-order chi connectivity index (χ0) is 28.2. The minimum absolute atomic E-state index is 0.610. The molecule has 0 bridgehead atoms. The van der Waals surface area contributed by atoms with Crippen molar-refractivity contribution in [1.29, 1.82) is 10.5 Å². The Balaban J connectivity index is 1.36. The predicted molar refractivity (Wildman–Crippen MR) is 172 cm³/mol. The molecule has 2 heterocycles. The van der Waals surface area contributed by atoms with Crippen LogP contribution >= 0.6 is 11.3 Å². The first-order valence-corrected chi connectivity index (χ1v) is 14.4. The van der Waals surface area contributed by atoms with Crippen molar-refractivity contribution in [2.24, 2.45) is 0 Å². The molecule has 0 atom stereocenters. The highest BCUT2D eigenvalue weighted by atomic mass is 32.1. The van der Waals surface area contributed by atoms with Gasteiger partial charge in [-0.2, -0.15) is 10.5 Å². The maximum Gasteiger partial charge on any atom is 0.136 e. The summed E-state index contributed by atoms with van der Waals surface area (Å²) >= 11 is 1.81. The van der Waals surface area contributed by atoms with Crippen LogP contribution < -0.4 is 0 Å². The van der Waals surface area contributed by atoms with Crippen LogP contribution in [0.5, 0.6) is 0 Å². The molecule has 2 aromatic heterocycles. The number of fused-ring (bicyclic) bond motifs is 6. The maximum atomic E-state index is 10.0. The van der Waals surface area contributed by atoms with Gasteiger partial charge in [0.25, 0.3) is 0 Å². The van der Waals surface area contributed by atoms with E-state index in [2.05, 4.69) is 91.0 Å². The number of furan rings is 1. The van der Waals surface area contributed by atoms with Crippen LogP contribution in [-0.2, 0) is 0 Å². The third-order valence-electron chi connectivity index (χ3n) is 7.99. The molecule has 8 rings (SSSR count). The van der Waals surface area contributed by atoms with Crippen LogP contribution in [0.3, 0.4) is 0 Å². The number of benzene rings is 6. The molecule has 0 saturated carbocycles. The summed E-state index contributed by atoms with van der Waals surface area (Å²) in [6.07, 6.45) is 0. The molecule has 0 aliphatic rings. The van der Waals surface area contributed by atoms with Gasteiger partial charge >= 0.3 is 0 Å². The lowest BCUT2D eigenvalue weighted by Gasteiger charge is -2.15. The van der Waals surface area contributed by atoms with E-state index in [-0.39, 0.29) is 0 Å². The molecule has 0 N–H and O–H groups in total. The fourth-order valence-electron chi connectivity index (χ4n) is 5.98. The molecular formula is C38H20N2OS. The lowest BCUT2D eigenvalue weighted by Crippen LogP contribution is -1.91. The highest BCUT2D eigenvalue weighted by Gasteiger charge is 2.17. The van der Waals surface area contributed by atoms with Crippen molar-refractivity contribution >= 4 is 53.4 Å². The van der Waals surface area contributed by atoms with Crippen molar-refractivity contribution < 1.29 is 4.42 Å². The minimum atomic E-state index is 0.610. The maximum absolute atomic E-state index is 10.0. The molecule has 3 nitrogen and oxygen atoms in total.